The molecule has 1 N–H and O–H groups in total. The molecule has 2 aromatic carbocycles. The molecule has 2 heterocycles. The fourth-order valence-corrected chi connectivity index (χ4v) is 3.65. The van der Waals surface area contributed by atoms with Crippen LogP contribution in [0.3, 0.4) is 0 Å². The van der Waals surface area contributed by atoms with Gasteiger partial charge in [0.25, 0.3) is 5.91 Å². The lowest BCUT2D eigenvalue weighted by molar-refractivity contribution is 0.0599. The van der Waals surface area contributed by atoms with Gasteiger partial charge in [0, 0.05) is 6.20 Å². The van der Waals surface area contributed by atoms with Crippen molar-refractivity contribution in [1.82, 2.24) is 9.78 Å². The van der Waals surface area contributed by atoms with Crippen molar-refractivity contribution < 1.29 is 23.5 Å². The zero-order valence-corrected chi connectivity index (χ0v) is 19.3. The highest BCUT2D eigenvalue weighted by atomic mass is 35.5. The number of hydrogen-bond donors (Lipinski definition) is 1. The van der Waals surface area contributed by atoms with E-state index >= 15 is 0 Å². The van der Waals surface area contributed by atoms with Gasteiger partial charge in [-0.15, -0.1) is 0 Å². The summed E-state index contributed by atoms with van der Waals surface area (Å²) in [5, 5.41) is 7.51. The number of furan rings is 1. The van der Waals surface area contributed by atoms with Crippen molar-refractivity contribution in [1.29, 1.82) is 0 Å². The van der Waals surface area contributed by atoms with Crippen molar-refractivity contribution in [2.45, 2.75) is 20.1 Å². The lowest BCUT2D eigenvalue weighted by atomic mass is 10.1. The predicted octanol–water partition coefficient (Wildman–Crippen LogP) is 5.10. The molecule has 2 aromatic heterocycles. The van der Waals surface area contributed by atoms with Gasteiger partial charge in [0.1, 0.15) is 18.1 Å². The number of methoxy groups -OCH3 is 1. The highest BCUT2D eigenvalue weighted by molar-refractivity contribution is 6.32. The van der Waals surface area contributed by atoms with Gasteiger partial charge in [-0.1, -0.05) is 41.9 Å². The number of ether oxygens (including phenoxy) is 2. The fraction of sp³-hybridized carbons (Fsp3) is 0.160. The molecular weight excluding hydrogens is 458 g/mol. The summed E-state index contributed by atoms with van der Waals surface area (Å²) in [6.45, 7) is 2.37. The first kappa shape index (κ1) is 23.1. The second-order valence-corrected chi connectivity index (χ2v) is 7.88. The van der Waals surface area contributed by atoms with Gasteiger partial charge in [0.2, 0.25) is 0 Å². The molecule has 8 nitrogen and oxygen atoms in total. The van der Waals surface area contributed by atoms with E-state index in [9.17, 15) is 9.59 Å². The normalized spacial score (nSPS) is 10.7. The third-order valence-corrected chi connectivity index (χ3v) is 5.35. The maximum Gasteiger partial charge on any atom is 0.338 e. The standard InChI is InChI=1S/C25H22ClN3O5/c1-16-6-5-9-21(26)23(16)33-15-19-10-11-22(34-19)24(30)28-18-12-27-29(14-18)13-17-7-3-4-8-20(17)25(31)32-2/h3-12,14H,13,15H2,1-2H3,(H,28,30). The molecule has 4 rings (SSSR count). The first-order valence-corrected chi connectivity index (χ1v) is 10.8. The lowest BCUT2D eigenvalue weighted by Crippen LogP contribution is -2.11. The minimum atomic E-state index is -0.422. The minimum Gasteiger partial charge on any atom is -0.484 e. The van der Waals surface area contributed by atoms with Crippen molar-refractivity contribution >= 4 is 29.2 Å². The van der Waals surface area contributed by atoms with E-state index in [2.05, 4.69) is 10.4 Å². The Kier molecular flexibility index (Phi) is 6.98. The van der Waals surface area contributed by atoms with E-state index in [-0.39, 0.29) is 12.4 Å². The first-order valence-electron chi connectivity index (χ1n) is 10.4. The molecule has 0 bridgehead atoms. The number of nitrogens with zero attached hydrogens (tertiary/aromatic N) is 2. The summed E-state index contributed by atoms with van der Waals surface area (Å²) in [6.07, 6.45) is 3.19. The Morgan fingerprint density at radius 3 is 2.74 bits per heavy atom. The van der Waals surface area contributed by atoms with Crippen LogP contribution in [0.4, 0.5) is 5.69 Å². The molecule has 174 valence electrons. The van der Waals surface area contributed by atoms with Crippen LogP contribution in [-0.2, 0) is 17.9 Å². The average molecular weight is 480 g/mol. The van der Waals surface area contributed by atoms with Gasteiger partial charge in [-0.25, -0.2) is 4.79 Å². The Balaban J connectivity index is 1.37. The summed E-state index contributed by atoms with van der Waals surface area (Å²) < 4.78 is 17.8. The van der Waals surface area contributed by atoms with Crippen molar-refractivity contribution in [2.24, 2.45) is 0 Å². The third-order valence-electron chi connectivity index (χ3n) is 5.05. The molecule has 0 radical (unpaired) electrons. The Morgan fingerprint density at radius 1 is 1.12 bits per heavy atom. The van der Waals surface area contributed by atoms with E-state index in [0.29, 0.717) is 34.3 Å². The van der Waals surface area contributed by atoms with E-state index in [1.807, 2.05) is 31.2 Å². The van der Waals surface area contributed by atoms with Gasteiger partial charge < -0.3 is 19.2 Å². The van der Waals surface area contributed by atoms with E-state index in [0.717, 1.165) is 11.1 Å². The van der Waals surface area contributed by atoms with E-state index in [1.54, 1.807) is 41.2 Å². The van der Waals surface area contributed by atoms with Crippen LogP contribution in [0.2, 0.25) is 5.02 Å². The number of aromatic nitrogens is 2. The van der Waals surface area contributed by atoms with Crippen LogP contribution in [0.5, 0.6) is 5.75 Å². The molecule has 0 fully saturated rings. The van der Waals surface area contributed by atoms with Gasteiger partial charge in [-0.05, 0) is 42.3 Å². The first-order chi connectivity index (χ1) is 16.4. The topological polar surface area (TPSA) is 95.6 Å². The summed E-state index contributed by atoms with van der Waals surface area (Å²) in [4.78, 5) is 24.6. The van der Waals surface area contributed by atoms with Gasteiger partial charge in [-0.3, -0.25) is 9.48 Å². The highest BCUT2D eigenvalue weighted by Crippen LogP contribution is 2.29. The van der Waals surface area contributed by atoms with Crippen molar-refractivity contribution in [3.8, 4) is 5.75 Å². The van der Waals surface area contributed by atoms with Crippen molar-refractivity contribution in [3.63, 3.8) is 0 Å². The van der Waals surface area contributed by atoms with E-state index in [4.69, 9.17) is 25.5 Å². The summed E-state index contributed by atoms with van der Waals surface area (Å²) in [7, 11) is 1.34. The number of benzene rings is 2. The average Bonchev–Trinajstić information content (AvgIpc) is 3.48. The second-order valence-electron chi connectivity index (χ2n) is 7.47. The smallest absolute Gasteiger partial charge is 0.338 e. The number of esters is 1. The van der Waals surface area contributed by atoms with E-state index in [1.165, 1.54) is 13.3 Å². The zero-order chi connectivity index (χ0) is 24.1. The molecule has 0 spiro atoms. The lowest BCUT2D eigenvalue weighted by Gasteiger charge is -2.09. The van der Waals surface area contributed by atoms with E-state index < -0.39 is 11.9 Å². The minimum absolute atomic E-state index is 0.134. The Hall–Kier alpha value is -4.04. The molecule has 0 aliphatic rings. The molecule has 0 unspecified atom stereocenters. The molecule has 9 heteroatoms. The SMILES string of the molecule is COC(=O)c1ccccc1Cn1cc(NC(=O)c2ccc(COc3c(C)cccc3Cl)o2)cn1. The number of halogens is 1. The molecule has 4 aromatic rings. The summed E-state index contributed by atoms with van der Waals surface area (Å²) in [6, 6.07) is 15.9. The Bertz CT molecular complexity index is 1310. The molecule has 0 saturated carbocycles. The number of aryl methyl sites for hydroxylation is 1. The Morgan fingerprint density at radius 2 is 1.94 bits per heavy atom. The van der Waals surface area contributed by atoms with Crippen LogP contribution in [-0.4, -0.2) is 28.8 Å². The summed E-state index contributed by atoms with van der Waals surface area (Å²) >= 11 is 6.18. The number of hydrogen-bond acceptors (Lipinski definition) is 6. The van der Waals surface area contributed by atoms with Crippen molar-refractivity contribution in [2.75, 3.05) is 12.4 Å². The maximum atomic E-state index is 12.6. The van der Waals surface area contributed by atoms with Crippen LogP contribution in [0.15, 0.2) is 71.4 Å². The molecular formula is C25H22ClN3O5. The third kappa shape index (κ3) is 5.29. The number of anilines is 1. The fourth-order valence-electron chi connectivity index (χ4n) is 3.37. The monoisotopic (exact) mass is 479 g/mol. The molecule has 1 amide bonds. The van der Waals surface area contributed by atoms with Crippen LogP contribution >= 0.6 is 11.6 Å². The van der Waals surface area contributed by atoms with Crippen LogP contribution in [0.25, 0.3) is 0 Å². The maximum absolute atomic E-state index is 12.6. The van der Waals surface area contributed by atoms with Gasteiger partial charge in [0.05, 0.1) is 36.1 Å². The summed E-state index contributed by atoms with van der Waals surface area (Å²) in [5.41, 5.74) is 2.60. The van der Waals surface area contributed by atoms with Crippen molar-refractivity contribution in [3.05, 3.63) is 100 Å². The van der Waals surface area contributed by atoms with Gasteiger partial charge >= 0.3 is 5.97 Å². The molecule has 0 saturated heterocycles. The number of carbonyl (C=O) groups is 2. The molecule has 0 atom stereocenters. The summed E-state index contributed by atoms with van der Waals surface area (Å²) in [5.74, 6) is 0.360. The molecule has 34 heavy (non-hydrogen) atoms. The van der Waals surface area contributed by atoms with Gasteiger partial charge in [-0.2, -0.15) is 5.10 Å². The number of amides is 1. The Labute approximate surface area is 201 Å². The number of rotatable bonds is 8. The number of carbonyl (C=O) groups excluding carboxylic acids is 2. The molecule has 0 aliphatic heterocycles. The molecule has 0 aliphatic carbocycles. The quantitative estimate of drug-likeness (QED) is 0.353. The predicted molar refractivity (Wildman–Crippen MR) is 126 cm³/mol. The van der Waals surface area contributed by atoms with Crippen LogP contribution in [0, 0.1) is 6.92 Å². The van der Waals surface area contributed by atoms with Crippen LogP contribution < -0.4 is 10.1 Å². The number of nitrogens with one attached hydrogen (secondary N) is 1. The van der Waals surface area contributed by atoms with Crippen LogP contribution in [0.1, 0.15) is 37.8 Å². The second kappa shape index (κ2) is 10.3. The largest absolute Gasteiger partial charge is 0.484 e. The number of para-hydroxylation sites is 1. The zero-order valence-electron chi connectivity index (χ0n) is 18.6. The highest BCUT2D eigenvalue weighted by Gasteiger charge is 2.15. The van der Waals surface area contributed by atoms with Gasteiger partial charge in [0.15, 0.2) is 5.76 Å².